The zero-order valence-corrected chi connectivity index (χ0v) is 8.72. The van der Waals surface area contributed by atoms with Crippen LogP contribution in [0.2, 0.25) is 0 Å². The van der Waals surface area contributed by atoms with Crippen molar-refractivity contribution < 1.29 is 8.78 Å². The highest BCUT2D eigenvalue weighted by molar-refractivity contribution is 5.70. The molecule has 1 N–H and O–H groups in total. The Balaban J connectivity index is 2.58. The molecule has 2 rings (SSSR count). The molecule has 16 heavy (non-hydrogen) atoms. The number of halogens is 2. The van der Waals surface area contributed by atoms with Crippen LogP contribution in [0.5, 0.6) is 0 Å². The van der Waals surface area contributed by atoms with E-state index in [1.54, 1.807) is 13.0 Å². The largest absolute Gasteiger partial charge is 0.358 e. The summed E-state index contributed by atoms with van der Waals surface area (Å²) in [5.74, 6) is -1.20. The van der Waals surface area contributed by atoms with Gasteiger partial charge in [-0.3, -0.25) is 0 Å². The second-order valence-corrected chi connectivity index (χ2v) is 3.51. The monoisotopic (exact) mass is 220 g/mol. The molecule has 0 saturated heterocycles. The Kier molecular flexibility index (Phi) is 2.56. The van der Waals surface area contributed by atoms with E-state index in [-0.39, 0.29) is 11.3 Å². The second kappa shape index (κ2) is 3.89. The zero-order valence-electron chi connectivity index (χ0n) is 8.72. The van der Waals surface area contributed by atoms with Gasteiger partial charge in [-0.05, 0) is 24.6 Å². The summed E-state index contributed by atoms with van der Waals surface area (Å²) >= 11 is 0. The smallest absolute Gasteiger partial charge is 0.222 e. The fourth-order valence-electron chi connectivity index (χ4n) is 1.48. The van der Waals surface area contributed by atoms with Gasteiger partial charge in [-0.1, -0.05) is 6.58 Å². The first-order valence-electron chi connectivity index (χ1n) is 4.75. The van der Waals surface area contributed by atoms with E-state index in [0.717, 1.165) is 0 Å². The van der Waals surface area contributed by atoms with Gasteiger partial charge in [0.25, 0.3) is 0 Å². The molecule has 0 aliphatic carbocycles. The highest BCUT2D eigenvalue weighted by Crippen LogP contribution is 2.27. The summed E-state index contributed by atoms with van der Waals surface area (Å²) in [4.78, 5) is 6.17. The second-order valence-electron chi connectivity index (χ2n) is 3.51. The molecule has 0 amide bonds. The molecule has 0 spiro atoms. The van der Waals surface area contributed by atoms with Crippen LogP contribution in [-0.4, -0.2) is 9.97 Å². The van der Waals surface area contributed by atoms with Gasteiger partial charge in [0.2, 0.25) is 5.95 Å². The van der Waals surface area contributed by atoms with E-state index in [2.05, 4.69) is 16.5 Å². The molecule has 2 heterocycles. The normalized spacial score (nSPS) is 10.4. The van der Waals surface area contributed by atoms with Crippen LogP contribution < -0.4 is 0 Å². The van der Waals surface area contributed by atoms with Gasteiger partial charge >= 0.3 is 0 Å². The summed E-state index contributed by atoms with van der Waals surface area (Å²) in [5, 5.41) is 0. The molecule has 0 saturated carbocycles. The van der Waals surface area contributed by atoms with Crippen LogP contribution in [0.1, 0.15) is 12.5 Å². The molecule has 2 aromatic heterocycles. The number of pyridine rings is 1. The number of aromatic amines is 1. The number of rotatable bonds is 2. The fraction of sp³-hybridized carbons (Fsp3) is 0.0833. The average molecular weight is 220 g/mol. The Morgan fingerprint density at radius 2 is 2.19 bits per heavy atom. The van der Waals surface area contributed by atoms with Crippen molar-refractivity contribution >= 4 is 5.57 Å². The van der Waals surface area contributed by atoms with Crippen LogP contribution in [-0.2, 0) is 0 Å². The first kappa shape index (κ1) is 10.5. The topological polar surface area (TPSA) is 28.7 Å². The van der Waals surface area contributed by atoms with Crippen LogP contribution in [0.15, 0.2) is 31.1 Å². The molecule has 2 nitrogen and oxygen atoms in total. The van der Waals surface area contributed by atoms with Crippen LogP contribution in [0.3, 0.4) is 0 Å². The minimum atomic E-state index is -0.698. The lowest BCUT2D eigenvalue weighted by molar-refractivity contribution is 0.582. The minimum Gasteiger partial charge on any atom is -0.358 e. The molecular weight excluding hydrogens is 210 g/mol. The molecule has 0 bridgehead atoms. The van der Waals surface area contributed by atoms with E-state index in [0.29, 0.717) is 11.1 Å². The SMILES string of the molecule is C=C(C)c1c[nH]c(-c2cccnc2F)c1F. The van der Waals surface area contributed by atoms with E-state index in [9.17, 15) is 8.78 Å². The number of nitrogens with zero attached hydrogens (tertiary/aromatic N) is 1. The number of hydrogen-bond donors (Lipinski definition) is 1. The van der Waals surface area contributed by atoms with Gasteiger partial charge in [-0.15, -0.1) is 0 Å². The van der Waals surface area contributed by atoms with Crippen molar-refractivity contribution in [2.75, 3.05) is 0 Å². The van der Waals surface area contributed by atoms with Crippen LogP contribution >= 0.6 is 0 Å². The highest BCUT2D eigenvalue weighted by Gasteiger charge is 2.16. The summed E-state index contributed by atoms with van der Waals surface area (Å²) in [6.45, 7) is 5.34. The lowest BCUT2D eigenvalue weighted by atomic mass is 10.1. The maximum Gasteiger partial charge on any atom is 0.222 e. The Bertz CT molecular complexity index is 544. The van der Waals surface area contributed by atoms with Gasteiger partial charge in [0.15, 0.2) is 5.82 Å². The average Bonchev–Trinajstić information content (AvgIpc) is 2.61. The maximum absolute atomic E-state index is 13.9. The van der Waals surface area contributed by atoms with E-state index < -0.39 is 11.8 Å². The lowest BCUT2D eigenvalue weighted by Crippen LogP contribution is -1.90. The fourth-order valence-corrected chi connectivity index (χ4v) is 1.48. The number of hydrogen-bond acceptors (Lipinski definition) is 1. The minimum absolute atomic E-state index is 0.101. The Hall–Kier alpha value is -1.97. The van der Waals surface area contributed by atoms with Crippen molar-refractivity contribution in [2.45, 2.75) is 6.92 Å². The van der Waals surface area contributed by atoms with E-state index in [1.165, 1.54) is 18.5 Å². The predicted octanol–water partition coefficient (Wildman–Crippen LogP) is 3.39. The van der Waals surface area contributed by atoms with Gasteiger partial charge in [0.05, 0.1) is 11.3 Å². The van der Waals surface area contributed by atoms with Crippen LogP contribution in [0.25, 0.3) is 16.8 Å². The third kappa shape index (κ3) is 1.62. The maximum atomic E-state index is 13.9. The molecular formula is C12H10F2N2. The third-order valence-electron chi connectivity index (χ3n) is 2.31. The van der Waals surface area contributed by atoms with Crippen molar-refractivity contribution in [3.8, 4) is 11.3 Å². The molecule has 0 unspecified atom stereocenters. The first-order valence-corrected chi connectivity index (χ1v) is 4.75. The lowest BCUT2D eigenvalue weighted by Gasteiger charge is -2.00. The summed E-state index contributed by atoms with van der Waals surface area (Å²) in [7, 11) is 0. The van der Waals surface area contributed by atoms with Crippen molar-refractivity contribution in [3.05, 3.63) is 48.4 Å². The molecule has 4 heteroatoms. The molecule has 0 radical (unpaired) electrons. The molecule has 0 atom stereocenters. The Morgan fingerprint density at radius 3 is 2.75 bits per heavy atom. The van der Waals surface area contributed by atoms with Crippen LogP contribution in [0.4, 0.5) is 8.78 Å². The van der Waals surface area contributed by atoms with Crippen molar-refractivity contribution in [2.24, 2.45) is 0 Å². The van der Waals surface area contributed by atoms with Gasteiger partial charge in [-0.2, -0.15) is 4.39 Å². The van der Waals surface area contributed by atoms with Crippen molar-refractivity contribution in [3.63, 3.8) is 0 Å². The van der Waals surface area contributed by atoms with E-state index in [1.807, 2.05) is 0 Å². The first-order chi connectivity index (χ1) is 7.61. The molecule has 0 aliphatic rings. The summed E-state index contributed by atoms with van der Waals surface area (Å²) < 4.78 is 27.2. The highest BCUT2D eigenvalue weighted by atomic mass is 19.1. The van der Waals surface area contributed by atoms with Crippen molar-refractivity contribution in [1.29, 1.82) is 0 Å². The quantitative estimate of drug-likeness (QED) is 0.772. The summed E-state index contributed by atoms with van der Waals surface area (Å²) in [6, 6.07) is 3.03. The van der Waals surface area contributed by atoms with Gasteiger partial charge in [0, 0.05) is 18.0 Å². The number of nitrogens with one attached hydrogen (secondary N) is 1. The van der Waals surface area contributed by atoms with Gasteiger partial charge < -0.3 is 4.98 Å². The van der Waals surface area contributed by atoms with Crippen molar-refractivity contribution in [1.82, 2.24) is 9.97 Å². The molecule has 0 fully saturated rings. The molecule has 0 aromatic carbocycles. The number of allylic oxidation sites excluding steroid dienone is 1. The third-order valence-corrected chi connectivity index (χ3v) is 2.31. The number of H-pyrrole nitrogens is 1. The standard InChI is InChI=1S/C12H10F2N2/c1-7(2)9-6-16-11(10(9)13)8-4-3-5-15-12(8)14/h3-6,16H,1H2,2H3. The Morgan fingerprint density at radius 1 is 1.44 bits per heavy atom. The molecule has 82 valence electrons. The van der Waals surface area contributed by atoms with E-state index >= 15 is 0 Å². The zero-order chi connectivity index (χ0) is 11.7. The number of aromatic nitrogens is 2. The molecule has 2 aromatic rings. The molecule has 0 aliphatic heterocycles. The Labute approximate surface area is 91.7 Å². The van der Waals surface area contributed by atoms with E-state index in [4.69, 9.17) is 0 Å². The summed E-state index contributed by atoms with van der Waals surface area (Å²) in [6.07, 6.45) is 2.79. The van der Waals surface area contributed by atoms with Gasteiger partial charge in [0.1, 0.15) is 0 Å². The van der Waals surface area contributed by atoms with Gasteiger partial charge in [-0.25, -0.2) is 9.37 Å². The summed E-state index contributed by atoms with van der Waals surface area (Å²) in [5.41, 5.74) is 1.17. The van der Waals surface area contributed by atoms with Crippen LogP contribution in [0, 0.1) is 11.8 Å². The predicted molar refractivity (Wildman–Crippen MR) is 58.6 cm³/mol.